The molecule has 0 amide bonds. The summed E-state index contributed by atoms with van der Waals surface area (Å²) in [6.45, 7) is 9.02. The number of carbonyl (C=O) groups is 1. The van der Waals surface area contributed by atoms with Crippen molar-refractivity contribution in [1.29, 1.82) is 0 Å². The van der Waals surface area contributed by atoms with Crippen LogP contribution in [0.25, 0.3) is 0 Å². The van der Waals surface area contributed by atoms with Gasteiger partial charge in [0.15, 0.2) is 0 Å². The van der Waals surface area contributed by atoms with Gasteiger partial charge in [-0.25, -0.2) is 0 Å². The summed E-state index contributed by atoms with van der Waals surface area (Å²) in [5, 5.41) is 3.23. The molecule has 2 nitrogen and oxygen atoms in total. The van der Waals surface area contributed by atoms with E-state index in [1.165, 1.54) is 32.1 Å². The molecule has 0 fully saturated rings. The fourth-order valence-electron chi connectivity index (χ4n) is 1.55. The Bertz CT molecular complexity index is 182. The number of rotatable bonds is 9. The smallest absolute Gasteiger partial charge is 0.146 e. The van der Waals surface area contributed by atoms with E-state index in [2.05, 4.69) is 33.0 Å². The standard InChI is InChI=1S/C14H29NO/c1-5-6-7-8-9-10-11-13(16)12-15-14(2,3)4/h15H,5-12H2,1-4H3. The summed E-state index contributed by atoms with van der Waals surface area (Å²) in [7, 11) is 0. The second-order valence-corrected chi connectivity index (χ2v) is 5.66. The molecule has 0 aliphatic heterocycles. The third-order valence-electron chi connectivity index (χ3n) is 2.63. The van der Waals surface area contributed by atoms with Crippen molar-refractivity contribution in [1.82, 2.24) is 5.32 Å². The molecule has 0 saturated heterocycles. The molecule has 0 radical (unpaired) electrons. The number of hydrogen-bond acceptors (Lipinski definition) is 2. The molecule has 0 unspecified atom stereocenters. The van der Waals surface area contributed by atoms with Crippen molar-refractivity contribution in [2.75, 3.05) is 6.54 Å². The van der Waals surface area contributed by atoms with Crippen LogP contribution in [0.5, 0.6) is 0 Å². The maximum atomic E-state index is 11.5. The molecule has 0 saturated carbocycles. The van der Waals surface area contributed by atoms with Gasteiger partial charge in [0.05, 0.1) is 6.54 Å². The molecular formula is C14H29NO. The Labute approximate surface area is 101 Å². The second-order valence-electron chi connectivity index (χ2n) is 5.66. The Balaban J connectivity index is 3.31. The van der Waals surface area contributed by atoms with Gasteiger partial charge in [0.2, 0.25) is 0 Å². The van der Waals surface area contributed by atoms with E-state index in [-0.39, 0.29) is 5.54 Å². The van der Waals surface area contributed by atoms with Gasteiger partial charge in [0, 0.05) is 12.0 Å². The third-order valence-corrected chi connectivity index (χ3v) is 2.63. The lowest BCUT2D eigenvalue weighted by Crippen LogP contribution is -2.39. The number of nitrogens with one attached hydrogen (secondary N) is 1. The van der Waals surface area contributed by atoms with Crippen LogP contribution < -0.4 is 5.32 Å². The van der Waals surface area contributed by atoms with Crippen molar-refractivity contribution in [2.45, 2.75) is 78.2 Å². The zero-order valence-corrected chi connectivity index (χ0v) is 11.6. The topological polar surface area (TPSA) is 29.1 Å². The van der Waals surface area contributed by atoms with Gasteiger partial charge in [-0.1, -0.05) is 39.0 Å². The third kappa shape index (κ3) is 11.7. The number of ketones is 1. The van der Waals surface area contributed by atoms with Crippen LogP contribution in [0.2, 0.25) is 0 Å². The SMILES string of the molecule is CCCCCCCCC(=O)CNC(C)(C)C. The molecule has 16 heavy (non-hydrogen) atoms. The van der Waals surface area contributed by atoms with Crippen molar-refractivity contribution in [3.05, 3.63) is 0 Å². The van der Waals surface area contributed by atoms with Gasteiger partial charge in [-0.2, -0.15) is 0 Å². The fourth-order valence-corrected chi connectivity index (χ4v) is 1.55. The quantitative estimate of drug-likeness (QED) is 0.609. The second kappa shape index (κ2) is 8.74. The van der Waals surface area contributed by atoms with Crippen molar-refractivity contribution < 1.29 is 4.79 Å². The van der Waals surface area contributed by atoms with Gasteiger partial charge in [-0.15, -0.1) is 0 Å². The lowest BCUT2D eigenvalue weighted by Gasteiger charge is -2.19. The molecule has 0 aromatic rings. The number of hydrogen-bond donors (Lipinski definition) is 1. The first-order chi connectivity index (χ1) is 7.45. The molecule has 0 aliphatic carbocycles. The average molecular weight is 227 g/mol. The summed E-state index contributed by atoms with van der Waals surface area (Å²) in [6.07, 6.45) is 8.25. The first-order valence-electron chi connectivity index (χ1n) is 6.72. The molecule has 0 rings (SSSR count). The minimum atomic E-state index is 0.0524. The summed E-state index contributed by atoms with van der Waals surface area (Å²) in [4.78, 5) is 11.5. The molecule has 2 heteroatoms. The van der Waals surface area contributed by atoms with E-state index >= 15 is 0 Å². The van der Waals surface area contributed by atoms with Crippen LogP contribution in [0, 0.1) is 0 Å². The molecule has 1 N–H and O–H groups in total. The van der Waals surface area contributed by atoms with Gasteiger partial charge >= 0.3 is 0 Å². The van der Waals surface area contributed by atoms with Crippen molar-refractivity contribution in [3.8, 4) is 0 Å². The van der Waals surface area contributed by atoms with Gasteiger partial charge < -0.3 is 5.32 Å². The molecule has 0 bridgehead atoms. The van der Waals surface area contributed by atoms with E-state index in [9.17, 15) is 4.79 Å². The van der Waals surface area contributed by atoms with Crippen molar-refractivity contribution >= 4 is 5.78 Å². The van der Waals surface area contributed by atoms with E-state index in [0.717, 1.165) is 12.8 Å². The van der Waals surface area contributed by atoms with Crippen LogP contribution in [-0.4, -0.2) is 17.9 Å². The zero-order valence-electron chi connectivity index (χ0n) is 11.6. The Morgan fingerprint density at radius 3 is 2.12 bits per heavy atom. The van der Waals surface area contributed by atoms with Crippen LogP contribution in [0.4, 0.5) is 0 Å². The predicted molar refractivity (Wildman–Crippen MR) is 70.8 cm³/mol. The summed E-state index contributed by atoms with van der Waals surface area (Å²) < 4.78 is 0. The lowest BCUT2D eigenvalue weighted by atomic mass is 10.1. The van der Waals surface area contributed by atoms with E-state index < -0.39 is 0 Å². The Kier molecular flexibility index (Phi) is 8.54. The highest BCUT2D eigenvalue weighted by Crippen LogP contribution is 2.07. The normalized spacial score (nSPS) is 11.8. The highest BCUT2D eigenvalue weighted by atomic mass is 16.1. The van der Waals surface area contributed by atoms with Gasteiger partial charge in [-0.3, -0.25) is 4.79 Å². The Hall–Kier alpha value is -0.370. The molecule has 0 atom stereocenters. The molecule has 0 aromatic carbocycles. The number of Topliss-reactive ketones (excluding diaryl/α,β-unsaturated/α-hetero) is 1. The minimum Gasteiger partial charge on any atom is -0.305 e. The fraction of sp³-hybridized carbons (Fsp3) is 0.929. The molecule has 0 aromatic heterocycles. The number of carbonyl (C=O) groups excluding carboxylic acids is 1. The Morgan fingerprint density at radius 1 is 1.00 bits per heavy atom. The predicted octanol–water partition coefficient (Wildman–Crippen LogP) is 3.69. The highest BCUT2D eigenvalue weighted by molar-refractivity contribution is 5.80. The molecular weight excluding hydrogens is 198 g/mol. The maximum Gasteiger partial charge on any atom is 0.146 e. The Morgan fingerprint density at radius 2 is 1.56 bits per heavy atom. The van der Waals surface area contributed by atoms with E-state index in [0.29, 0.717) is 12.3 Å². The summed E-state index contributed by atoms with van der Waals surface area (Å²) in [5.74, 6) is 0.352. The van der Waals surface area contributed by atoms with Crippen LogP contribution in [-0.2, 0) is 4.79 Å². The van der Waals surface area contributed by atoms with Crippen LogP contribution >= 0.6 is 0 Å². The van der Waals surface area contributed by atoms with Crippen LogP contribution in [0.1, 0.15) is 72.6 Å². The summed E-state index contributed by atoms with van der Waals surface area (Å²) >= 11 is 0. The molecule has 0 aliphatic rings. The van der Waals surface area contributed by atoms with Crippen molar-refractivity contribution in [2.24, 2.45) is 0 Å². The molecule has 96 valence electrons. The van der Waals surface area contributed by atoms with Crippen molar-refractivity contribution in [3.63, 3.8) is 0 Å². The van der Waals surface area contributed by atoms with Gasteiger partial charge in [0.1, 0.15) is 5.78 Å². The first-order valence-corrected chi connectivity index (χ1v) is 6.72. The van der Waals surface area contributed by atoms with E-state index in [1.54, 1.807) is 0 Å². The number of unbranched alkanes of at least 4 members (excludes halogenated alkanes) is 5. The largest absolute Gasteiger partial charge is 0.305 e. The monoisotopic (exact) mass is 227 g/mol. The van der Waals surface area contributed by atoms with Crippen LogP contribution in [0.3, 0.4) is 0 Å². The zero-order chi connectivity index (χ0) is 12.4. The maximum absolute atomic E-state index is 11.5. The van der Waals surface area contributed by atoms with Gasteiger partial charge in [-0.05, 0) is 27.2 Å². The lowest BCUT2D eigenvalue weighted by molar-refractivity contribution is -0.118. The van der Waals surface area contributed by atoms with Gasteiger partial charge in [0.25, 0.3) is 0 Å². The highest BCUT2D eigenvalue weighted by Gasteiger charge is 2.10. The summed E-state index contributed by atoms with van der Waals surface area (Å²) in [5.41, 5.74) is 0.0524. The summed E-state index contributed by atoms with van der Waals surface area (Å²) in [6, 6.07) is 0. The van der Waals surface area contributed by atoms with E-state index in [1.807, 2.05) is 0 Å². The first kappa shape index (κ1) is 15.6. The average Bonchev–Trinajstić information content (AvgIpc) is 2.19. The van der Waals surface area contributed by atoms with E-state index in [4.69, 9.17) is 0 Å². The van der Waals surface area contributed by atoms with Crippen LogP contribution in [0.15, 0.2) is 0 Å². The molecule has 0 heterocycles. The molecule has 0 spiro atoms. The minimum absolute atomic E-state index is 0.0524.